The maximum atomic E-state index is 13.6. The van der Waals surface area contributed by atoms with Gasteiger partial charge >= 0.3 is 0 Å². The third kappa shape index (κ3) is 5.28. The molecular formula is C24H27BrN2O4. The SMILES string of the molecule is CCOc1ccc(C(=O)c2c(OCc3ccccc3)nn(C(C)C)c2Br)c(OCC)c1. The van der Waals surface area contributed by atoms with Crippen molar-refractivity contribution in [3.63, 3.8) is 0 Å². The molecule has 0 bridgehead atoms. The third-order valence-corrected chi connectivity index (χ3v) is 5.32. The molecule has 1 heterocycles. The monoisotopic (exact) mass is 486 g/mol. The van der Waals surface area contributed by atoms with Gasteiger partial charge < -0.3 is 14.2 Å². The number of rotatable bonds is 10. The number of halogens is 1. The van der Waals surface area contributed by atoms with E-state index in [1.54, 1.807) is 22.9 Å². The summed E-state index contributed by atoms with van der Waals surface area (Å²) in [5.74, 6) is 1.18. The lowest BCUT2D eigenvalue weighted by molar-refractivity contribution is 0.103. The predicted molar refractivity (Wildman–Crippen MR) is 123 cm³/mol. The Morgan fingerprint density at radius 1 is 1.03 bits per heavy atom. The summed E-state index contributed by atoms with van der Waals surface area (Å²) in [7, 11) is 0. The molecule has 2 aromatic carbocycles. The Bertz CT molecular complexity index is 1030. The van der Waals surface area contributed by atoms with Crippen molar-refractivity contribution in [2.24, 2.45) is 0 Å². The van der Waals surface area contributed by atoms with Gasteiger partial charge in [0.05, 0.1) is 18.8 Å². The number of hydrogen-bond donors (Lipinski definition) is 0. The van der Waals surface area contributed by atoms with Crippen molar-refractivity contribution in [2.45, 2.75) is 40.3 Å². The van der Waals surface area contributed by atoms with E-state index in [0.717, 1.165) is 5.56 Å². The van der Waals surface area contributed by atoms with Gasteiger partial charge in [-0.15, -0.1) is 5.10 Å². The maximum Gasteiger partial charge on any atom is 0.245 e. The van der Waals surface area contributed by atoms with Crippen LogP contribution in [0.4, 0.5) is 0 Å². The van der Waals surface area contributed by atoms with Crippen molar-refractivity contribution >= 4 is 21.7 Å². The van der Waals surface area contributed by atoms with Gasteiger partial charge in [-0.3, -0.25) is 9.48 Å². The van der Waals surface area contributed by atoms with Crippen molar-refractivity contribution in [2.75, 3.05) is 13.2 Å². The summed E-state index contributed by atoms with van der Waals surface area (Å²) in [6.45, 7) is 9.05. The molecule has 0 aliphatic heterocycles. The van der Waals surface area contributed by atoms with E-state index in [1.807, 2.05) is 58.0 Å². The molecular weight excluding hydrogens is 460 g/mol. The summed E-state index contributed by atoms with van der Waals surface area (Å²) >= 11 is 3.56. The summed E-state index contributed by atoms with van der Waals surface area (Å²) in [5.41, 5.74) is 1.79. The Morgan fingerprint density at radius 3 is 2.39 bits per heavy atom. The van der Waals surface area contributed by atoms with Crippen molar-refractivity contribution in [3.8, 4) is 17.4 Å². The van der Waals surface area contributed by atoms with Gasteiger partial charge in [0.25, 0.3) is 0 Å². The highest BCUT2D eigenvalue weighted by Crippen LogP contribution is 2.35. The Morgan fingerprint density at radius 2 is 1.74 bits per heavy atom. The second kappa shape index (κ2) is 10.5. The topological polar surface area (TPSA) is 62.6 Å². The van der Waals surface area contributed by atoms with Crippen LogP contribution in [0.15, 0.2) is 53.1 Å². The molecule has 164 valence electrons. The molecule has 0 aliphatic carbocycles. The fourth-order valence-corrected chi connectivity index (χ4v) is 3.95. The minimum Gasteiger partial charge on any atom is -0.494 e. The van der Waals surface area contributed by atoms with E-state index in [4.69, 9.17) is 14.2 Å². The van der Waals surface area contributed by atoms with Crippen LogP contribution in [0.5, 0.6) is 17.4 Å². The second-order valence-electron chi connectivity index (χ2n) is 7.14. The summed E-state index contributed by atoms with van der Waals surface area (Å²) in [6, 6.07) is 15.0. The smallest absolute Gasteiger partial charge is 0.245 e. The lowest BCUT2D eigenvalue weighted by atomic mass is 10.0. The Hall–Kier alpha value is -2.80. The molecule has 0 saturated heterocycles. The highest BCUT2D eigenvalue weighted by molar-refractivity contribution is 9.10. The standard InChI is InChI=1S/C24H27BrN2O4/c1-5-29-18-12-13-19(20(14-18)30-6-2)22(28)21-23(25)27(16(3)4)26-24(21)31-15-17-10-8-7-9-11-17/h7-14,16H,5-6,15H2,1-4H3. The summed E-state index contributed by atoms with van der Waals surface area (Å²) in [6.07, 6.45) is 0. The van der Waals surface area contributed by atoms with E-state index in [1.165, 1.54) is 0 Å². The largest absolute Gasteiger partial charge is 0.494 e. The van der Waals surface area contributed by atoms with E-state index in [-0.39, 0.29) is 17.7 Å². The van der Waals surface area contributed by atoms with E-state index >= 15 is 0 Å². The average molecular weight is 487 g/mol. The van der Waals surface area contributed by atoms with Crippen molar-refractivity contribution in [3.05, 3.63) is 69.8 Å². The van der Waals surface area contributed by atoms with Gasteiger partial charge in [0, 0.05) is 12.1 Å². The molecule has 1 aromatic heterocycles. The molecule has 0 aliphatic rings. The number of aromatic nitrogens is 2. The molecule has 0 amide bonds. The molecule has 0 spiro atoms. The number of benzene rings is 2. The second-order valence-corrected chi connectivity index (χ2v) is 7.89. The molecule has 0 radical (unpaired) electrons. The van der Waals surface area contributed by atoms with Crippen LogP contribution in [0.25, 0.3) is 0 Å². The summed E-state index contributed by atoms with van der Waals surface area (Å²) < 4.78 is 19.6. The summed E-state index contributed by atoms with van der Waals surface area (Å²) in [5, 5.41) is 4.55. The number of nitrogens with zero attached hydrogens (tertiary/aromatic N) is 2. The lowest BCUT2D eigenvalue weighted by Gasteiger charge is -2.12. The first-order valence-corrected chi connectivity index (χ1v) is 11.1. The normalized spacial score (nSPS) is 10.9. The zero-order valence-corrected chi connectivity index (χ0v) is 19.8. The summed E-state index contributed by atoms with van der Waals surface area (Å²) in [4.78, 5) is 13.6. The van der Waals surface area contributed by atoms with Crippen LogP contribution in [0, 0.1) is 0 Å². The minimum atomic E-state index is -0.228. The molecule has 31 heavy (non-hydrogen) atoms. The molecule has 3 rings (SSSR count). The highest BCUT2D eigenvalue weighted by atomic mass is 79.9. The fourth-order valence-electron chi connectivity index (χ4n) is 3.11. The number of hydrogen-bond acceptors (Lipinski definition) is 5. The molecule has 0 unspecified atom stereocenters. The molecule has 0 N–H and O–H groups in total. The van der Waals surface area contributed by atoms with Gasteiger partial charge in [-0.25, -0.2) is 0 Å². The first-order chi connectivity index (χ1) is 15.0. The Labute approximate surface area is 191 Å². The molecule has 0 fully saturated rings. The van der Waals surface area contributed by atoms with Crippen LogP contribution in [0.2, 0.25) is 0 Å². The number of carbonyl (C=O) groups excluding carboxylic acids is 1. The fraction of sp³-hybridized carbons (Fsp3) is 0.333. The van der Waals surface area contributed by atoms with Crippen LogP contribution in [-0.4, -0.2) is 28.8 Å². The van der Waals surface area contributed by atoms with Gasteiger partial charge in [-0.1, -0.05) is 30.3 Å². The third-order valence-electron chi connectivity index (χ3n) is 4.56. The van der Waals surface area contributed by atoms with E-state index in [9.17, 15) is 4.79 Å². The number of ketones is 1. The first kappa shape index (κ1) is 22.9. The Kier molecular flexibility index (Phi) is 7.74. The lowest BCUT2D eigenvalue weighted by Crippen LogP contribution is -2.08. The van der Waals surface area contributed by atoms with Crippen LogP contribution in [0.3, 0.4) is 0 Å². The average Bonchev–Trinajstić information content (AvgIpc) is 3.09. The van der Waals surface area contributed by atoms with Crippen LogP contribution in [-0.2, 0) is 6.61 Å². The van der Waals surface area contributed by atoms with E-state index in [0.29, 0.717) is 47.0 Å². The molecule has 7 heteroatoms. The van der Waals surface area contributed by atoms with E-state index < -0.39 is 0 Å². The van der Waals surface area contributed by atoms with Gasteiger partial charge in [0.2, 0.25) is 11.7 Å². The van der Waals surface area contributed by atoms with Crippen LogP contribution in [0.1, 0.15) is 55.2 Å². The Balaban J connectivity index is 2.01. The van der Waals surface area contributed by atoms with Crippen molar-refractivity contribution in [1.29, 1.82) is 0 Å². The predicted octanol–water partition coefficient (Wildman–Crippen LogP) is 5.83. The van der Waals surface area contributed by atoms with Gasteiger partial charge in [0.15, 0.2) is 0 Å². The number of ether oxygens (including phenoxy) is 3. The zero-order valence-electron chi connectivity index (χ0n) is 18.2. The number of carbonyl (C=O) groups is 1. The van der Waals surface area contributed by atoms with Crippen molar-refractivity contribution < 1.29 is 19.0 Å². The zero-order chi connectivity index (χ0) is 22.4. The van der Waals surface area contributed by atoms with Crippen LogP contribution >= 0.6 is 15.9 Å². The first-order valence-electron chi connectivity index (χ1n) is 10.3. The maximum absolute atomic E-state index is 13.6. The quantitative estimate of drug-likeness (QED) is 0.337. The molecule has 0 atom stereocenters. The highest BCUT2D eigenvalue weighted by Gasteiger charge is 2.28. The molecule has 0 saturated carbocycles. The van der Waals surface area contributed by atoms with Gasteiger partial charge in [0.1, 0.15) is 28.3 Å². The molecule has 6 nitrogen and oxygen atoms in total. The van der Waals surface area contributed by atoms with Crippen molar-refractivity contribution in [1.82, 2.24) is 9.78 Å². The molecule has 3 aromatic rings. The van der Waals surface area contributed by atoms with Gasteiger partial charge in [-0.05, 0) is 61.3 Å². The van der Waals surface area contributed by atoms with Crippen LogP contribution < -0.4 is 14.2 Å². The van der Waals surface area contributed by atoms with E-state index in [2.05, 4.69) is 21.0 Å². The minimum absolute atomic E-state index is 0.0432. The van der Waals surface area contributed by atoms with Gasteiger partial charge in [-0.2, -0.15) is 0 Å².